The number of unbranched alkanes of at least 4 members (excludes halogenated alkanes) is 2. The molecule has 0 aliphatic heterocycles. The summed E-state index contributed by atoms with van der Waals surface area (Å²) in [5, 5.41) is 0. The lowest BCUT2D eigenvalue weighted by atomic mass is 10.3. The van der Waals surface area contributed by atoms with Crippen molar-refractivity contribution in [1.29, 1.82) is 0 Å². The highest BCUT2D eigenvalue weighted by molar-refractivity contribution is 7.89. The fraction of sp³-hybridized carbons (Fsp3) is 0.571. The summed E-state index contributed by atoms with van der Waals surface area (Å²) in [4.78, 5) is 0.279. The Balaban J connectivity index is 2.39. The van der Waals surface area contributed by atoms with Crippen molar-refractivity contribution in [3.63, 3.8) is 0 Å². The third-order valence-electron chi connectivity index (χ3n) is 3.39. The Bertz CT molecular complexity index is 674. The van der Waals surface area contributed by atoms with Crippen LogP contribution in [0.15, 0.2) is 23.1 Å². The third kappa shape index (κ3) is 3.59. The largest absolute Gasteiger partial charge is 0.245 e. The highest BCUT2D eigenvalue weighted by atomic mass is 32.2. The molecule has 2 rings (SSSR count). The molecule has 1 aromatic carbocycles. The molecule has 0 radical (unpaired) electrons. The Kier molecular flexibility index (Phi) is 5.66. The van der Waals surface area contributed by atoms with Crippen LogP contribution in [0.25, 0.3) is 11.0 Å². The Hall–Kier alpha value is -1.05. The molecule has 0 aliphatic carbocycles. The van der Waals surface area contributed by atoms with Crippen LogP contribution in [-0.2, 0) is 10.0 Å². The van der Waals surface area contributed by atoms with Crippen LogP contribution in [-0.4, -0.2) is 34.6 Å². The molecule has 0 unspecified atom stereocenters. The smallest absolute Gasteiger partial charge is 0.207 e. The molecule has 7 heteroatoms. The lowest BCUT2D eigenvalue weighted by Gasteiger charge is -2.22. The Morgan fingerprint density at radius 3 is 2.38 bits per heavy atom. The zero-order chi connectivity index (χ0) is 15.3. The van der Waals surface area contributed by atoms with Crippen molar-refractivity contribution in [2.75, 3.05) is 13.1 Å². The molecule has 0 fully saturated rings. The zero-order valence-corrected chi connectivity index (χ0v) is 14.1. The van der Waals surface area contributed by atoms with Crippen molar-refractivity contribution in [3.05, 3.63) is 18.2 Å². The highest BCUT2D eigenvalue weighted by Crippen LogP contribution is 2.24. The predicted molar refractivity (Wildman–Crippen MR) is 86.0 cm³/mol. The predicted octanol–water partition coefficient (Wildman–Crippen LogP) is 3.28. The molecule has 0 N–H and O–H groups in total. The minimum atomic E-state index is -3.50. The second kappa shape index (κ2) is 7.29. The maximum Gasteiger partial charge on any atom is 0.245 e. The average Bonchev–Trinajstić information content (AvgIpc) is 2.95. The average molecular weight is 327 g/mol. The monoisotopic (exact) mass is 327 g/mol. The molecule has 0 bridgehead atoms. The van der Waals surface area contributed by atoms with Crippen LogP contribution in [0.2, 0.25) is 0 Å². The summed E-state index contributed by atoms with van der Waals surface area (Å²) in [6.07, 6.45) is 3.68. The van der Waals surface area contributed by atoms with Gasteiger partial charge in [-0.15, -0.1) is 0 Å². The van der Waals surface area contributed by atoms with Crippen molar-refractivity contribution >= 4 is 32.8 Å². The van der Waals surface area contributed by atoms with Gasteiger partial charge in [0.2, 0.25) is 10.0 Å². The molecule has 5 nitrogen and oxygen atoms in total. The van der Waals surface area contributed by atoms with Crippen LogP contribution < -0.4 is 0 Å². The quantitative estimate of drug-likeness (QED) is 0.746. The maximum atomic E-state index is 12.9. The van der Waals surface area contributed by atoms with Gasteiger partial charge >= 0.3 is 0 Å². The molecule has 0 saturated carbocycles. The summed E-state index contributed by atoms with van der Waals surface area (Å²) < 4.78 is 35.7. The van der Waals surface area contributed by atoms with Crippen LogP contribution in [0, 0.1) is 0 Å². The van der Waals surface area contributed by atoms with E-state index in [0.29, 0.717) is 24.1 Å². The number of sulfonamides is 1. The van der Waals surface area contributed by atoms with Gasteiger partial charge in [0.1, 0.15) is 15.9 Å². The molecule has 0 aliphatic rings. The van der Waals surface area contributed by atoms with Crippen molar-refractivity contribution < 1.29 is 8.42 Å². The van der Waals surface area contributed by atoms with Gasteiger partial charge < -0.3 is 0 Å². The lowest BCUT2D eigenvalue weighted by molar-refractivity contribution is 0.395. The summed E-state index contributed by atoms with van der Waals surface area (Å²) in [6.45, 7) is 5.25. The normalized spacial score (nSPS) is 12.3. The van der Waals surface area contributed by atoms with E-state index in [1.807, 2.05) is 0 Å². The molecule has 0 saturated heterocycles. The SMILES string of the molecule is CCCCN(CCCC)S(=O)(=O)c1cccc2nsnc12. The van der Waals surface area contributed by atoms with E-state index in [4.69, 9.17) is 0 Å². The molecule has 0 spiro atoms. The molecule has 116 valence electrons. The first-order valence-electron chi connectivity index (χ1n) is 7.32. The first kappa shape index (κ1) is 16.3. The summed E-state index contributed by atoms with van der Waals surface area (Å²) >= 11 is 1.05. The maximum absolute atomic E-state index is 12.9. The van der Waals surface area contributed by atoms with Crippen molar-refractivity contribution in [3.8, 4) is 0 Å². The fourth-order valence-electron chi connectivity index (χ4n) is 2.15. The van der Waals surface area contributed by atoms with Gasteiger partial charge in [0.15, 0.2) is 0 Å². The lowest BCUT2D eigenvalue weighted by Crippen LogP contribution is -2.33. The second-order valence-corrected chi connectivity index (χ2v) is 7.43. The standard InChI is InChI=1S/C14H21N3O2S2/c1-3-5-10-17(11-6-4-2)21(18,19)13-9-7-8-12-14(13)16-20-15-12/h7-9H,3-6,10-11H2,1-2H3. The molecule has 1 aromatic heterocycles. The number of hydrogen-bond acceptors (Lipinski definition) is 5. The van der Waals surface area contributed by atoms with Crippen LogP contribution in [0.4, 0.5) is 0 Å². The van der Waals surface area contributed by atoms with Gasteiger partial charge in [0, 0.05) is 13.1 Å². The van der Waals surface area contributed by atoms with E-state index in [9.17, 15) is 8.42 Å². The molecular formula is C14H21N3O2S2. The molecule has 0 atom stereocenters. The third-order valence-corrected chi connectivity index (χ3v) is 5.86. The summed E-state index contributed by atoms with van der Waals surface area (Å²) in [5.74, 6) is 0. The van der Waals surface area contributed by atoms with Gasteiger partial charge in [-0.05, 0) is 25.0 Å². The molecular weight excluding hydrogens is 306 g/mol. The molecule has 1 heterocycles. The van der Waals surface area contributed by atoms with E-state index in [1.165, 1.54) is 0 Å². The topological polar surface area (TPSA) is 63.2 Å². The van der Waals surface area contributed by atoms with E-state index >= 15 is 0 Å². The molecule has 2 aromatic rings. The van der Waals surface area contributed by atoms with E-state index < -0.39 is 10.0 Å². The van der Waals surface area contributed by atoms with Crippen LogP contribution in [0.1, 0.15) is 39.5 Å². The number of hydrogen-bond donors (Lipinski definition) is 0. The minimum Gasteiger partial charge on any atom is -0.207 e. The Morgan fingerprint density at radius 2 is 1.76 bits per heavy atom. The summed E-state index contributed by atoms with van der Waals surface area (Å²) in [7, 11) is -3.50. The highest BCUT2D eigenvalue weighted by Gasteiger charge is 2.26. The second-order valence-electron chi connectivity index (χ2n) is 5.00. The van der Waals surface area contributed by atoms with E-state index in [1.54, 1.807) is 22.5 Å². The minimum absolute atomic E-state index is 0.279. The number of rotatable bonds is 8. The number of fused-ring (bicyclic) bond motifs is 1. The van der Waals surface area contributed by atoms with Gasteiger partial charge in [-0.3, -0.25) is 0 Å². The van der Waals surface area contributed by atoms with Crippen molar-refractivity contribution in [2.45, 2.75) is 44.4 Å². The zero-order valence-electron chi connectivity index (χ0n) is 12.4. The number of aromatic nitrogens is 2. The molecule has 21 heavy (non-hydrogen) atoms. The molecule has 0 amide bonds. The Morgan fingerprint density at radius 1 is 1.10 bits per heavy atom. The van der Waals surface area contributed by atoms with Crippen LogP contribution >= 0.6 is 11.7 Å². The van der Waals surface area contributed by atoms with Gasteiger partial charge in [-0.25, -0.2) is 8.42 Å². The first-order chi connectivity index (χ1) is 10.1. The van der Waals surface area contributed by atoms with Crippen LogP contribution in [0.5, 0.6) is 0 Å². The summed E-state index contributed by atoms with van der Waals surface area (Å²) in [5.41, 5.74) is 1.13. The number of benzene rings is 1. The van der Waals surface area contributed by atoms with Gasteiger partial charge in [-0.2, -0.15) is 13.1 Å². The first-order valence-corrected chi connectivity index (χ1v) is 9.49. The summed E-state index contributed by atoms with van der Waals surface area (Å²) in [6, 6.07) is 5.15. The van der Waals surface area contributed by atoms with Crippen molar-refractivity contribution in [1.82, 2.24) is 13.1 Å². The van der Waals surface area contributed by atoms with Gasteiger partial charge in [-0.1, -0.05) is 32.8 Å². The van der Waals surface area contributed by atoms with Gasteiger partial charge in [0.25, 0.3) is 0 Å². The van der Waals surface area contributed by atoms with E-state index in [0.717, 1.165) is 37.4 Å². The Labute approximate surface area is 130 Å². The van der Waals surface area contributed by atoms with Crippen molar-refractivity contribution in [2.24, 2.45) is 0 Å². The number of nitrogens with zero attached hydrogens (tertiary/aromatic N) is 3. The fourth-order valence-corrected chi connectivity index (χ4v) is 4.42. The van der Waals surface area contributed by atoms with E-state index in [2.05, 4.69) is 22.6 Å². The van der Waals surface area contributed by atoms with Gasteiger partial charge in [0.05, 0.1) is 11.7 Å². The van der Waals surface area contributed by atoms with E-state index in [-0.39, 0.29) is 4.90 Å². The van der Waals surface area contributed by atoms with Crippen LogP contribution in [0.3, 0.4) is 0 Å².